The van der Waals surface area contributed by atoms with Gasteiger partial charge in [-0.3, -0.25) is 0 Å². The molecule has 1 aliphatic rings. The fourth-order valence-corrected chi connectivity index (χ4v) is 3.02. The highest BCUT2D eigenvalue weighted by molar-refractivity contribution is 9.10. The highest BCUT2D eigenvalue weighted by Crippen LogP contribution is 2.24. The van der Waals surface area contributed by atoms with E-state index >= 15 is 0 Å². The predicted octanol–water partition coefficient (Wildman–Crippen LogP) is 5.08. The van der Waals surface area contributed by atoms with Crippen LogP contribution in [-0.4, -0.2) is 24.0 Å². The minimum absolute atomic E-state index is 0.0517. The van der Waals surface area contributed by atoms with Gasteiger partial charge >= 0.3 is 6.03 Å². The van der Waals surface area contributed by atoms with Crippen molar-refractivity contribution in [3.8, 4) is 0 Å². The number of urea groups is 1. The summed E-state index contributed by atoms with van der Waals surface area (Å²) in [5.74, 6) is 0. The predicted molar refractivity (Wildman–Crippen MR) is 98.5 cm³/mol. The van der Waals surface area contributed by atoms with Gasteiger partial charge in [0, 0.05) is 23.2 Å². The van der Waals surface area contributed by atoms with Crippen molar-refractivity contribution in [3.63, 3.8) is 0 Å². The molecular formula is C19H19BrN2O. The van der Waals surface area contributed by atoms with Gasteiger partial charge in [0.15, 0.2) is 0 Å². The zero-order valence-corrected chi connectivity index (χ0v) is 14.6. The van der Waals surface area contributed by atoms with Gasteiger partial charge in [-0.2, -0.15) is 0 Å². The lowest BCUT2D eigenvalue weighted by atomic mass is 10.00. The number of aryl methyl sites for hydroxylation is 1. The molecular weight excluding hydrogens is 352 g/mol. The van der Waals surface area contributed by atoms with Crippen molar-refractivity contribution in [1.29, 1.82) is 0 Å². The first-order chi connectivity index (χ1) is 11.1. The molecule has 3 nitrogen and oxygen atoms in total. The molecule has 0 spiro atoms. The average molecular weight is 371 g/mol. The maximum atomic E-state index is 12.4. The van der Waals surface area contributed by atoms with E-state index in [1.54, 1.807) is 0 Å². The Bertz CT molecular complexity index is 740. The van der Waals surface area contributed by atoms with E-state index in [4.69, 9.17) is 0 Å². The number of benzene rings is 2. The van der Waals surface area contributed by atoms with E-state index in [1.165, 1.54) is 11.1 Å². The Labute approximate surface area is 145 Å². The summed E-state index contributed by atoms with van der Waals surface area (Å²) in [6, 6.07) is 16.1. The van der Waals surface area contributed by atoms with Gasteiger partial charge in [0.25, 0.3) is 0 Å². The summed E-state index contributed by atoms with van der Waals surface area (Å²) in [5, 5.41) is 2.96. The van der Waals surface area contributed by atoms with Crippen LogP contribution in [-0.2, 0) is 0 Å². The monoisotopic (exact) mass is 370 g/mol. The highest BCUT2D eigenvalue weighted by Gasteiger charge is 2.18. The van der Waals surface area contributed by atoms with E-state index in [9.17, 15) is 4.79 Å². The summed E-state index contributed by atoms with van der Waals surface area (Å²) >= 11 is 3.49. The third-order valence-electron chi connectivity index (χ3n) is 4.06. The van der Waals surface area contributed by atoms with Crippen LogP contribution in [0.15, 0.2) is 59.1 Å². The summed E-state index contributed by atoms with van der Waals surface area (Å²) in [4.78, 5) is 14.2. The number of halogens is 1. The quantitative estimate of drug-likeness (QED) is 0.785. The van der Waals surface area contributed by atoms with E-state index in [0.717, 1.165) is 28.7 Å². The van der Waals surface area contributed by atoms with Crippen molar-refractivity contribution in [2.24, 2.45) is 0 Å². The molecule has 23 heavy (non-hydrogen) atoms. The molecule has 0 atom stereocenters. The Morgan fingerprint density at radius 2 is 1.96 bits per heavy atom. The van der Waals surface area contributed by atoms with Crippen LogP contribution in [0.1, 0.15) is 17.5 Å². The normalized spacial score (nSPS) is 14.3. The molecule has 2 aromatic carbocycles. The lowest BCUT2D eigenvalue weighted by Crippen LogP contribution is -2.37. The molecule has 0 unspecified atom stereocenters. The summed E-state index contributed by atoms with van der Waals surface area (Å²) < 4.78 is 1.00. The zero-order valence-electron chi connectivity index (χ0n) is 13.1. The number of anilines is 1. The smallest absolute Gasteiger partial charge is 0.320 e. The van der Waals surface area contributed by atoms with Crippen molar-refractivity contribution in [2.45, 2.75) is 13.3 Å². The van der Waals surface area contributed by atoms with Crippen LogP contribution in [0, 0.1) is 6.92 Å². The average Bonchev–Trinajstić information content (AvgIpc) is 2.59. The third-order valence-corrected chi connectivity index (χ3v) is 4.92. The Morgan fingerprint density at radius 1 is 1.17 bits per heavy atom. The molecule has 4 heteroatoms. The minimum atomic E-state index is -0.0517. The fraction of sp³-hybridized carbons (Fsp3) is 0.211. The van der Waals surface area contributed by atoms with Crippen molar-refractivity contribution < 1.29 is 4.79 Å². The molecule has 0 aliphatic carbocycles. The Morgan fingerprint density at radius 3 is 2.61 bits per heavy atom. The second-order valence-electron chi connectivity index (χ2n) is 5.69. The zero-order chi connectivity index (χ0) is 16.2. The molecule has 1 aliphatic heterocycles. The van der Waals surface area contributed by atoms with Crippen LogP contribution in [0.3, 0.4) is 0 Å². The summed E-state index contributed by atoms with van der Waals surface area (Å²) in [6.45, 7) is 3.40. The highest BCUT2D eigenvalue weighted by atomic mass is 79.9. The van der Waals surface area contributed by atoms with Crippen LogP contribution < -0.4 is 5.32 Å². The summed E-state index contributed by atoms with van der Waals surface area (Å²) in [6.07, 6.45) is 3.03. The molecule has 0 fully saturated rings. The van der Waals surface area contributed by atoms with Crippen LogP contribution in [0.4, 0.5) is 10.5 Å². The van der Waals surface area contributed by atoms with Gasteiger partial charge in [0.1, 0.15) is 0 Å². The van der Waals surface area contributed by atoms with Crippen LogP contribution in [0.5, 0.6) is 0 Å². The number of hydrogen-bond acceptors (Lipinski definition) is 1. The maximum absolute atomic E-state index is 12.4. The molecule has 1 heterocycles. The van der Waals surface area contributed by atoms with Crippen LogP contribution in [0.25, 0.3) is 5.57 Å². The number of nitrogens with one attached hydrogen (secondary N) is 1. The molecule has 0 saturated heterocycles. The first-order valence-corrected chi connectivity index (χ1v) is 8.49. The van der Waals surface area contributed by atoms with Gasteiger partial charge in [-0.05, 0) is 42.2 Å². The summed E-state index contributed by atoms with van der Waals surface area (Å²) in [7, 11) is 0. The van der Waals surface area contributed by atoms with E-state index in [0.29, 0.717) is 6.54 Å². The van der Waals surface area contributed by atoms with E-state index in [-0.39, 0.29) is 6.03 Å². The molecule has 118 valence electrons. The Balaban J connectivity index is 1.64. The molecule has 1 N–H and O–H groups in total. The lowest BCUT2D eigenvalue weighted by Gasteiger charge is -2.27. The second-order valence-corrected chi connectivity index (χ2v) is 6.54. The minimum Gasteiger partial charge on any atom is -0.320 e. The van der Waals surface area contributed by atoms with E-state index < -0.39 is 0 Å². The SMILES string of the molecule is Cc1ccc(NC(=O)N2CC=C(c3ccccc3)CC2)cc1Br. The number of hydrogen-bond donors (Lipinski definition) is 1. The first-order valence-electron chi connectivity index (χ1n) is 7.70. The Hall–Kier alpha value is -2.07. The van der Waals surface area contributed by atoms with Crippen LogP contribution >= 0.6 is 15.9 Å². The van der Waals surface area contributed by atoms with Crippen molar-refractivity contribution in [3.05, 3.63) is 70.2 Å². The topological polar surface area (TPSA) is 32.3 Å². The number of rotatable bonds is 2. The number of amides is 2. The molecule has 2 amide bonds. The number of carbonyl (C=O) groups excluding carboxylic acids is 1. The third kappa shape index (κ3) is 3.82. The fourth-order valence-electron chi connectivity index (χ4n) is 2.64. The van der Waals surface area contributed by atoms with Crippen molar-refractivity contribution in [1.82, 2.24) is 4.90 Å². The second kappa shape index (κ2) is 7.01. The standard InChI is InChI=1S/C19H19BrN2O/c1-14-7-8-17(13-18(14)20)21-19(23)22-11-9-16(10-12-22)15-5-3-2-4-6-15/h2-9,13H,10-12H2,1H3,(H,21,23). The van der Waals surface area contributed by atoms with Gasteiger partial charge < -0.3 is 10.2 Å². The molecule has 0 saturated carbocycles. The maximum Gasteiger partial charge on any atom is 0.322 e. The van der Waals surface area contributed by atoms with E-state index in [1.807, 2.05) is 48.2 Å². The lowest BCUT2D eigenvalue weighted by molar-refractivity contribution is 0.217. The van der Waals surface area contributed by atoms with Gasteiger partial charge in [-0.15, -0.1) is 0 Å². The molecule has 2 aromatic rings. The number of carbonyl (C=O) groups is 1. The Kier molecular flexibility index (Phi) is 4.82. The first kappa shape index (κ1) is 15.8. The van der Waals surface area contributed by atoms with E-state index in [2.05, 4.69) is 39.5 Å². The van der Waals surface area contributed by atoms with Gasteiger partial charge in [-0.1, -0.05) is 58.4 Å². The van der Waals surface area contributed by atoms with Gasteiger partial charge in [-0.25, -0.2) is 4.79 Å². The van der Waals surface area contributed by atoms with Crippen molar-refractivity contribution in [2.75, 3.05) is 18.4 Å². The molecule has 0 bridgehead atoms. The van der Waals surface area contributed by atoms with Crippen molar-refractivity contribution >= 4 is 33.2 Å². The van der Waals surface area contributed by atoms with Crippen LogP contribution in [0.2, 0.25) is 0 Å². The van der Waals surface area contributed by atoms with Gasteiger partial charge in [0.2, 0.25) is 0 Å². The molecule has 0 aromatic heterocycles. The van der Waals surface area contributed by atoms with Gasteiger partial charge in [0.05, 0.1) is 0 Å². The molecule has 0 radical (unpaired) electrons. The summed E-state index contributed by atoms with van der Waals surface area (Å²) in [5.41, 5.74) is 4.52. The molecule has 3 rings (SSSR count). The number of nitrogens with zero attached hydrogens (tertiary/aromatic N) is 1. The largest absolute Gasteiger partial charge is 0.322 e.